The van der Waals surface area contributed by atoms with Crippen LogP contribution in [0.15, 0.2) is 10.6 Å². The van der Waals surface area contributed by atoms with Crippen molar-refractivity contribution < 1.29 is 14.1 Å². The van der Waals surface area contributed by atoms with Crippen molar-refractivity contribution in [1.29, 1.82) is 0 Å². The van der Waals surface area contributed by atoms with Gasteiger partial charge in [-0.25, -0.2) is 0 Å². The molecule has 1 N–H and O–H groups in total. The number of halogens is 1. The quantitative estimate of drug-likeness (QED) is 0.813. The first-order valence-electron chi connectivity index (χ1n) is 5.48. The zero-order valence-electron chi connectivity index (χ0n) is 9.66. The molecular formula is C11H15BrN2O3. The van der Waals surface area contributed by atoms with E-state index in [0.29, 0.717) is 24.6 Å². The maximum Gasteiger partial charge on any atom is 0.273 e. The number of carbonyl (C=O) groups excluding carboxylic acids is 1. The minimum absolute atomic E-state index is 0.191. The predicted octanol–water partition coefficient (Wildman–Crippen LogP) is 1.73. The Bertz CT molecular complexity index is 401. The highest BCUT2D eigenvalue weighted by Gasteiger charge is 2.41. The molecule has 1 amide bonds. The van der Waals surface area contributed by atoms with Gasteiger partial charge < -0.3 is 14.6 Å². The number of aromatic nitrogens is 1. The minimum atomic E-state index is -0.191. The molecule has 0 aromatic carbocycles. The van der Waals surface area contributed by atoms with Crippen LogP contribution in [0, 0.1) is 5.41 Å². The lowest BCUT2D eigenvalue weighted by Crippen LogP contribution is -2.31. The van der Waals surface area contributed by atoms with Crippen LogP contribution in [0.2, 0.25) is 0 Å². The Labute approximate surface area is 108 Å². The maximum atomic E-state index is 11.8. The molecule has 1 aromatic heterocycles. The Hall–Kier alpha value is -0.880. The normalized spacial score (nSPS) is 16.8. The lowest BCUT2D eigenvalue weighted by Gasteiger charge is -2.11. The van der Waals surface area contributed by atoms with Crippen LogP contribution < -0.4 is 5.32 Å². The van der Waals surface area contributed by atoms with Gasteiger partial charge in [-0.2, -0.15) is 0 Å². The third-order valence-electron chi connectivity index (χ3n) is 2.94. The molecule has 6 heteroatoms. The fourth-order valence-electron chi connectivity index (χ4n) is 1.52. The largest absolute Gasteiger partial charge is 0.377 e. The molecule has 0 bridgehead atoms. The first kappa shape index (κ1) is 12.6. The summed E-state index contributed by atoms with van der Waals surface area (Å²) in [6.07, 6.45) is 2.32. The Morgan fingerprint density at radius 3 is 3.06 bits per heavy atom. The van der Waals surface area contributed by atoms with E-state index in [9.17, 15) is 4.79 Å². The first-order chi connectivity index (χ1) is 8.19. The highest BCUT2D eigenvalue weighted by molar-refractivity contribution is 9.09. The number of rotatable bonds is 6. The second-order valence-corrected chi connectivity index (χ2v) is 4.99. The van der Waals surface area contributed by atoms with Crippen LogP contribution in [0.3, 0.4) is 0 Å². The lowest BCUT2D eigenvalue weighted by atomic mass is 10.1. The van der Waals surface area contributed by atoms with Crippen LogP contribution in [0.4, 0.5) is 0 Å². The summed E-state index contributed by atoms with van der Waals surface area (Å²) < 4.78 is 9.85. The molecule has 0 atom stereocenters. The molecule has 2 rings (SSSR count). The molecule has 0 aliphatic heterocycles. The van der Waals surface area contributed by atoms with E-state index in [2.05, 4.69) is 26.4 Å². The molecule has 1 saturated carbocycles. The summed E-state index contributed by atoms with van der Waals surface area (Å²) in [4.78, 5) is 11.8. The lowest BCUT2D eigenvalue weighted by molar-refractivity contribution is 0.0936. The van der Waals surface area contributed by atoms with E-state index >= 15 is 0 Å². The predicted molar refractivity (Wildman–Crippen MR) is 65.0 cm³/mol. The zero-order chi connectivity index (χ0) is 12.3. The van der Waals surface area contributed by atoms with Gasteiger partial charge in [0.1, 0.15) is 6.61 Å². The van der Waals surface area contributed by atoms with Gasteiger partial charge in [0.15, 0.2) is 11.5 Å². The van der Waals surface area contributed by atoms with E-state index in [0.717, 1.165) is 18.2 Å². The fourth-order valence-corrected chi connectivity index (χ4v) is 2.28. The highest BCUT2D eigenvalue weighted by Crippen LogP contribution is 2.46. The molecule has 94 valence electrons. The van der Waals surface area contributed by atoms with Gasteiger partial charge in [-0.3, -0.25) is 4.79 Å². The number of nitrogens with zero attached hydrogens (tertiary/aromatic N) is 1. The molecule has 0 spiro atoms. The number of hydrogen-bond acceptors (Lipinski definition) is 4. The Balaban J connectivity index is 1.86. The molecule has 0 unspecified atom stereocenters. The van der Waals surface area contributed by atoms with Crippen LogP contribution in [0.1, 0.15) is 29.1 Å². The number of ether oxygens (including phenoxy) is 1. The van der Waals surface area contributed by atoms with E-state index in [1.165, 1.54) is 0 Å². The number of methoxy groups -OCH3 is 1. The summed E-state index contributed by atoms with van der Waals surface area (Å²) in [6, 6.07) is 1.60. The van der Waals surface area contributed by atoms with Gasteiger partial charge in [0.05, 0.1) is 0 Å². The average molecular weight is 303 g/mol. The smallest absolute Gasteiger partial charge is 0.273 e. The number of hydrogen-bond donors (Lipinski definition) is 1. The van der Waals surface area contributed by atoms with Crippen molar-refractivity contribution in [2.45, 2.75) is 19.4 Å². The molecule has 0 radical (unpaired) electrons. The number of amides is 1. The van der Waals surface area contributed by atoms with Crippen LogP contribution in [-0.2, 0) is 11.3 Å². The second-order valence-electron chi connectivity index (χ2n) is 4.43. The summed E-state index contributed by atoms with van der Waals surface area (Å²) in [7, 11) is 1.56. The highest BCUT2D eigenvalue weighted by atomic mass is 79.9. The summed E-state index contributed by atoms with van der Waals surface area (Å²) in [5, 5.41) is 7.50. The number of carbonyl (C=O) groups is 1. The van der Waals surface area contributed by atoms with E-state index < -0.39 is 0 Å². The SMILES string of the molecule is COCc1cc(C(=O)NCC2(CBr)CC2)no1. The summed E-state index contributed by atoms with van der Waals surface area (Å²) in [5.41, 5.74) is 0.566. The third kappa shape index (κ3) is 3.07. The Morgan fingerprint density at radius 2 is 2.47 bits per heavy atom. The van der Waals surface area contributed by atoms with Crippen LogP contribution >= 0.6 is 15.9 Å². The van der Waals surface area contributed by atoms with E-state index in [1.807, 2.05) is 0 Å². The number of alkyl halides is 1. The summed E-state index contributed by atoms with van der Waals surface area (Å²) in [6.45, 7) is 1.01. The molecule has 0 saturated heterocycles. The van der Waals surface area contributed by atoms with E-state index in [1.54, 1.807) is 13.2 Å². The first-order valence-corrected chi connectivity index (χ1v) is 6.60. The topological polar surface area (TPSA) is 64.4 Å². The van der Waals surface area contributed by atoms with E-state index in [4.69, 9.17) is 9.26 Å². The molecule has 1 aliphatic rings. The van der Waals surface area contributed by atoms with Gasteiger partial charge in [0, 0.05) is 25.1 Å². The van der Waals surface area contributed by atoms with Crippen LogP contribution in [0.5, 0.6) is 0 Å². The summed E-state index contributed by atoms with van der Waals surface area (Å²) in [5.74, 6) is 0.364. The van der Waals surface area contributed by atoms with Crippen molar-refractivity contribution in [3.8, 4) is 0 Å². The molecular weight excluding hydrogens is 288 g/mol. The molecule has 1 aliphatic carbocycles. The molecule has 1 fully saturated rings. The Kier molecular flexibility index (Phi) is 3.83. The maximum absolute atomic E-state index is 11.8. The van der Waals surface area contributed by atoms with Crippen molar-refractivity contribution in [1.82, 2.24) is 10.5 Å². The van der Waals surface area contributed by atoms with Gasteiger partial charge in [0.2, 0.25) is 0 Å². The van der Waals surface area contributed by atoms with Gasteiger partial charge in [0.25, 0.3) is 5.91 Å². The molecule has 5 nitrogen and oxygen atoms in total. The average Bonchev–Trinajstić information content (AvgIpc) is 2.98. The molecule has 1 heterocycles. The van der Waals surface area contributed by atoms with Crippen LogP contribution in [0.25, 0.3) is 0 Å². The zero-order valence-corrected chi connectivity index (χ0v) is 11.2. The van der Waals surface area contributed by atoms with Gasteiger partial charge in [-0.1, -0.05) is 21.1 Å². The Morgan fingerprint density at radius 1 is 1.71 bits per heavy atom. The summed E-state index contributed by atoms with van der Waals surface area (Å²) >= 11 is 3.46. The second kappa shape index (κ2) is 5.18. The van der Waals surface area contributed by atoms with Crippen molar-refractivity contribution in [2.24, 2.45) is 5.41 Å². The third-order valence-corrected chi connectivity index (χ3v) is 4.13. The molecule has 17 heavy (non-hydrogen) atoms. The van der Waals surface area contributed by atoms with Gasteiger partial charge in [-0.05, 0) is 18.3 Å². The molecule has 1 aromatic rings. The monoisotopic (exact) mass is 302 g/mol. The van der Waals surface area contributed by atoms with Crippen LogP contribution in [-0.4, -0.2) is 30.0 Å². The van der Waals surface area contributed by atoms with Crippen molar-refractivity contribution in [3.05, 3.63) is 17.5 Å². The van der Waals surface area contributed by atoms with Crippen molar-refractivity contribution >= 4 is 21.8 Å². The standard InChI is InChI=1S/C11H15BrN2O3/c1-16-5-8-4-9(14-17-8)10(15)13-7-11(6-12)2-3-11/h4H,2-3,5-7H2,1H3,(H,13,15). The van der Waals surface area contributed by atoms with Crippen molar-refractivity contribution in [3.63, 3.8) is 0 Å². The van der Waals surface area contributed by atoms with E-state index in [-0.39, 0.29) is 11.3 Å². The fraction of sp³-hybridized carbons (Fsp3) is 0.636. The van der Waals surface area contributed by atoms with Gasteiger partial charge >= 0.3 is 0 Å². The van der Waals surface area contributed by atoms with Gasteiger partial charge in [-0.15, -0.1) is 0 Å². The minimum Gasteiger partial charge on any atom is -0.377 e. The van der Waals surface area contributed by atoms with Crippen molar-refractivity contribution in [2.75, 3.05) is 19.0 Å². The number of nitrogens with one attached hydrogen (secondary N) is 1.